The monoisotopic (exact) mass is 319 g/mol. The van der Waals surface area contributed by atoms with Crippen LogP contribution in [0, 0.1) is 0 Å². The van der Waals surface area contributed by atoms with E-state index in [1.165, 1.54) is 18.0 Å². The Morgan fingerprint density at radius 3 is 2.86 bits per heavy atom. The third-order valence-corrected chi connectivity index (χ3v) is 3.62. The van der Waals surface area contributed by atoms with Crippen molar-refractivity contribution in [2.75, 3.05) is 12.9 Å². The predicted molar refractivity (Wildman–Crippen MR) is 70.7 cm³/mol. The van der Waals surface area contributed by atoms with Gasteiger partial charge in [0.1, 0.15) is 12.1 Å². The van der Waals surface area contributed by atoms with Crippen molar-refractivity contribution in [3.8, 4) is 11.4 Å². The fourth-order valence-electron chi connectivity index (χ4n) is 1.51. The van der Waals surface area contributed by atoms with E-state index in [9.17, 15) is 13.2 Å². The molecule has 0 aliphatic heterocycles. The van der Waals surface area contributed by atoms with Crippen LogP contribution in [-0.4, -0.2) is 45.0 Å². The van der Waals surface area contributed by atoms with Gasteiger partial charge in [0.15, 0.2) is 11.3 Å². The van der Waals surface area contributed by atoms with Gasteiger partial charge in [-0.15, -0.1) is 10.2 Å². The van der Waals surface area contributed by atoms with Crippen molar-refractivity contribution >= 4 is 11.8 Å². The van der Waals surface area contributed by atoms with Crippen LogP contribution in [0.3, 0.4) is 0 Å². The molecule has 1 aromatic heterocycles. The second kappa shape index (κ2) is 6.35. The smallest absolute Gasteiger partial charge is 0.415 e. The zero-order valence-corrected chi connectivity index (χ0v) is 11.7. The zero-order valence-electron chi connectivity index (χ0n) is 10.9. The van der Waals surface area contributed by atoms with Gasteiger partial charge in [0.2, 0.25) is 0 Å². The largest absolute Gasteiger partial charge is 0.497 e. The molecule has 21 heavy (non-hydrogen) atoms. The highest BCUT2D eigenvalue weighted by Crippen LogP contribution is 2.27. The van der Waals surface area contributed by atoms with Crippen molar-refractivity contribution in [1.82, 2.24) is 14.8 Å². The normalized spacial score (nSPS) is 13.2. The lowest BCUT2D eigenvalue weighted by molar-refractivity contribution is -0.195. The van der Waals surface area contributed by atoms with E-state index in [1.54, 1.807) is 24.3 Å². The molecule has 0 saturated carbocycles. The topological polar surface area (TPSA) is 60.2 Å². The molecule has 1 N–H and O–H groups in total. The number of rotatable bonds is 5. The minimum absolute atomic E-state index is 0.256. The van der Waals surface area contributed by atoms with Crippen molar-refractivity contribution in [2.45, 2.75) is 17.4 Å². The van der Waals surface area contributed by atoms with Gasteiger partial charge in [-0.2, -0.15) is 13.2 Å². The second-order valence-corrected chi connectivity index (χ2v) is 5.04. The van der Waals surface area contributed by atoms with Gasteiger partial charge in [-0.1, -0.05) is 17.8 Å². The maximum Gasteiger partial charge on any atom is 0.415 e. The summed E-state index contributed by atoms with van der Waals surface area (Å²) in [5.74, 6) is 0.0547. The number of aliphatic hydroxyl groups excluding tert-OH is 1. The summed E-state index contributed by atoms with van der Waals surface area (Å²) in [5, 5.41) is 16.7. The van der Waals surface area contributed by atoms with E-state index in [1.807, 2.05) is 0 Å². The van der Waals surface area contributed by atoms with E-state index in [-0.39, 0.29) is 5.16 Å². The summed E-state index contributed by atoms with van der Waals surface area (Å²) in [7, 11) is 1.51. The number of hydrogen-bond donors (Lipinski definition) is 1. The predicted octanol–water partition coefficient (Wildman–Crippen LogP) is 2.29. The maximum atomic E-state index is 12.3. The average Bonchev–Trinajstić information content (AvgIpc) is 2.92. The van der Waals surface area contributed by atoms with Crippen LogP contribution in [-0.2, 0) is 0 Å². The number of thioether (sulfide) groups is 1. The molecule has 0 bridgehead atoms. The van der Waals surface area contributed by atoms with Gasteiger partial charge in [0, 0.05) is 11.8 Å². The van der Waals surface area contributed by atoms with Gasteiger partial charge < -0.3 is 9.84 Å². The molecule has 0 amide bonds. The first-order chi connectivity index (χ1) is 9.91. The van der Waals surface area contributed by atoms with Gasteiger partial charge in [-0.05, 0) is 12.1 Å². The van der Waals surface area contributed by atoms with E-state index in [4.69, 9.17) is 9.84 Å². The summed E-state index contributed by atoms with van der Waals surface area (Å²) in [5.41, 5.74) is 0.656. The van der Waals surface area contributed by atoms with Gasteiger partial charge >= 0.3 is 6.18 Å². The highest BCUT2D eigenvalue weighted by atomic mass is 32.2. The molecule has 0 spiro atoms. The number of aromatic nitrogens is 3. The van der Waals surface area contributed by atoms with Crippen molar-refractivity contribution < 1.29 is 23.0 Å². The number of aliphatic hydroxyl groups is 1. The number of ether oxygens (including phenoxy) is 1. The molecule has 0 radical (unpaired) electrons. The Bertz CT molecular complexity index is 603. The SMILES string of the molecule is COc1cccc(-n2cnnc2SCC(O)C(F)(F)F)c1. The van der Waals surface area contributed by atoms with E-state index in [0.717, 1.165) is 11.8 Å². The third-order valence-electron chi connectivity index (χ3n) is 2.60. The van der Waals surface area contributed by atoms with Crippen LogP contribution in [0.25, 0.3) is 5.69 Å². The van der Waals surface area contributed by atoms with Crippen molar-refractivity contribution in [1.29, 1.82) is 0 Å². The second-order valence-electron chi connectivity index (χ2n) is 4.05. The van der Waals surface area contributed by atoms with Crippen molar-refractivity contribution in [3.63, 3.8) is 0 Å². The van der Waals surface area contributed by atoms with Crippen LogP contribution in [0.2, 0.25) is 0 Å². The van der Waals surface area contributed by atoms with Gasteiger partial charge in [0.05, 0.1) is 12.8 Å². The fraction of sp³-hybridized carbons (Fsp3) is 0.333. The Morgan fingerprint density at radius 2 is 2.19 bits per heavy atom. The van der Waals surface area contributed by atoms with E-state index >= 15 is 0 Å². The summed E-state index contributed by atoms with van der Waals surface area (Å²) in [6, 6.07) is 6.94. The van der Waals surface area contributed by atoms with Crippen LogP contribution in [0.4, 0.5) is 13.2 Å². The minimum Gasteiger partial charge on any atom is -0.497 e. The molecule has 2 rings (SSSR count). The minimum atomic E-state index is -4.65. The van der Waals surface area contributed by atoms with Gasteiger partial charge in [-0.3, -0.25) is 4.57 Å². The van der Waals surface area contributed by atoms with Crippen molar-refractivity contribution in [2.24, 2.45) is 0 Å². The molecule has 0 saturated heterocycles. The third kappa shape index (κ3) is 3.88. The molecule has 0 aliphatic rings. The maximum absolute atomic E-state index is 12.3. The highest BCUT2D eigenvalue weighted by Gasteiger charge is 2.38. The van der Waals surface area contributed by atoms with Gasteiger partial charge in [-0.25, -0.2) is 0 Å². The Morgan fingerprint density at radius 1 is 1.43 bits per heavy atom. The fourth-order valence-corrected chi connectivity index (χ4v) is 2.40. The molecular weight excluding hydrogens is 307 g/mol. The summed E-state index contributed by atoms with van der Waals surface area (Å²) in [6.07, 6.45) is -5.66. The summed E-state index contributed by atoms with van der Waals surface area (Å²) in [6.45, 7) is 0. The standard InChI is InChI=1S/C12H12F3N3O2S/c1-20-9-4-2-3-8(5-9)18-7-16-17-11(18)21-6-10(19)12(13,14)15/h2-5,7,10,19H,6H2,1H3. The summed E-state index contributed by atoms with van der Waals surface area (Å²) < 4.78 is 43.4. The summed E-state index contributed by atoms with van der Waals surface area (Å²) >= 11 is 0.776. The Balaban J connectivity index is 2.15. The number of halogens is 3. The van der Waals surface area contributed by atoms with Crippen LogP contribution in [0.5, 0.6) is 5.75 Å². The lowest BCUT2D eigenvalue weighted by Crippen LogP contribution is -2.30. The first-order valence-corrected chi connectivity index (χ1v) is 6.82. The Labute approximate surface area is 122 Å². The summed E-state index contributed by atoms with van der Waals surface area (Å²) in [4.78, 5) is 0. The van der Waals surface area contributed by atoms with Gasteiger partial charge in [0.25, 0.3) is 0 Å². The molecule has 2 aromatic rings. The Hall–Kier alpha value is -1.74. The molecule has 5 nitrogen and oxygen atoms in total. The van der Waals surface area contributed by atoms with Crippen molar-refractivity contribution in [3.05, 3.63) is 30.6 Å². The number of alkyl halides is 3. The lowest BCUT2D eigenvalue weighted by atomic mass is 10.3. The average molecular weight is 319 g/mol. The van der Waals surface area contributed by atoms with E-state index in [2.05, 4.69) is 10.2 Å². The van der Waals surface area contributed by atoms with Crippen LogP contribution >= 0.6 is 11.8 Å². The molecular formula is C12H12F3N3O2S. The van der Waals surface area contributed by atoms with E-state index in [0.29, 0.717) is 11.4 Å². The molecule has 1 heterocycles. The highest BCUT2D eigenvalue weighted by molar-refractivity contribution is 7.99. The number of methoxy groups -OCH3 is 1. The van der Waals surface area contributed by atoms with Crippen LogP contribution in [0.15, 0.2) is 35.7 Å². The molecule has 0 aliphatic carbocycles. The van der Waals surface area contributed by atoms with E-state index < -0.39 is 18.0 Å². The zero-order chi connectivity index (χ0) is 15.5. The molecule has 1 unspecified atom stereocenters. The van der Waals surface area contributed by atoms with Crippen LogP contribution < -0.4 is 4.74 Å². The molecule has 0 fully saturated rings. The first-order valence-electron chi connectivity index (χ1n) is 5.84. The number of hydrogen-bond acceptors (Lipinski definition) is 5. The molecule has 1 aromatic carbocycles. The Kier molecular flexibility index (Phi) is 4.73. The molecule has 9 heteroatoms. The lowest BCUT2D eigenvalue weighted by Gasteiger charge is -2.14. The number of nitrogens with zero attached hydrogens (tertiary/aromatic N) is 3. The number of benzene rings is 1. The first kappa shape index (κ1) is 15.6. The molecule has 114 valence electrons. The quantitative estimate of drug-likeness (QED) is 0.857. The molecule has 1 atom stereocenters. The van der Waals surface area contributed by atoms with Crippen LogP contribution in [0.1, 0.15) is 0 Å².